The Bertz CT molecular complexity index is 887. The molecule has 0 aliphatic carbocycles. The van der Waals surface area contributed by atoms with Gasteiger partial charge in [-0.05, 0) is 31.2 Å². The normalized spacial score (nSPS) is 13.9. The first-order valence-electron chi connectivity index (χ1n) is 9.79. The minimum Gasteiger partial charge on any atom is -0.496 e. The number of ether oxygens (including phenoxy) is 1. The number of ketones is 1. The maximum absolute atomic E-state index is 12.6. The van der Waals surface area contributed by atoms with Gasteiger partial charge in [-0.15, -0.1) is 0 Å². The number of nitrogens with zero attached hydrogens (tertiary/aromatic N) is 2. The van der Waals surface area contributed by atoms with E-state index in [1.807, 2.05) is 31.2 Å². The van der Waals surface area contributed by atoms with Crippen LogP contribution in [-0.2, 0) is 4.79 Å². The number of rotatable bonds is 6. The first-order chi connectivity index (χ1) is 14.0. The SMILES string of the molecule is COc1ccc(C)cc1C(=O)CCC(=O)N1CCN(C(=O)c2ccccc2)CC1. The fourth-order valence-electron chi connectivity index (χ4n) is 3.48. The van der Waals surface area contributed by atoms with E-state index in [-0.39, 0.29) is 30.4 Å². The molecule has 0 saturated carbocycles. The maximum Gasteiger partial charge on any atom is 0.253 e. The Kier molecular flexibility index (Phi) is 6.65. The van der Waals surface area contributed by atoms with E-state index >= 15 is 0 Å². The Morgan fingerprint density at radius 2 is 1.55 bits per heavy atom. The molecule has 6 heteroatoms. The van der Waals surface area contributed by atoms with Crippen molar-refractivity contribution in [3.63, 3.8) is 0 Å². The Balaban J connectivity index is 1.51. The zero-order chi connectivity index (χ0) is 20.8. The quantitative estimate of drug-likeness (QED) is 0.707. The summed E-state index contributed by atoms with van der Waals surface area (Å²) in [6.07, 6.45) is 0.296. The average Bonchev–Trinajstić information content (AvgIpc) is 2.77. The highest BCUT2D eigenvalue weighted by molar-refractivity contribution is 6.00. The third-order valence-corrected chi connectivity index (χ3v) is 5.16. The van der Waals surface area contributed by atoms with Gasteiger partial charge in [0, 0.05) is 44.6 Å². The highest BCUT2D eigenvalue weighted by Gasteiger charge is 2.25. The smallest absolute Gasteiger partial charge is 0.253 e. The Morgan fingerprint density at radius 1 is 0.897 bits per heavy atom. The van der Waals surface area contributed by atoms with Crippen molar-refractivity contribution in [2.45, 2.75) is 19.8 Å². The van der Waals surface area contributed by atoms with Crippen LogP contribution >= 0.6 is 0 Å². The van der Waals surface area contributed by atoms with Crippen molar-refractivity contribution in [1.82, 2.24) is 9.80 Å². The molecular formula is C23H26N2O4. The largest absolute Gasteiger partial charge is 0.496 e. The lowest BCUT2D eigenvalue weighted by molar-refractivity contribution is -0.132. The van der Waals surface area contributed by atoms with Gasteiger partial charge in [0.2, 0.25) is 5.91 Å². The molecule has 1 saturated heterocycles. The van der Waals surface area contributed by atoms with Crippen molar-refractivity contribution in [3.8, 4) is 5.75 Å². The van der Waals surface area contributed by atoms with Gasteiger partial charge in [-0.3, -0.25) is 14.4 Å². The molecule has 0 bridgehead atoms. The lowest BCUT2D eigenvalue weighted by Crippen LogP contribution is -2.50. The molecule has 29 heavy (non-hydrogen) atoms. The molecule has 0 N–H and O–H groups in total. The molecule has 1 fully saturated rings. The molecule has 3 rings (SSSR count). The molecule has 2 aromatic carbocycles. The molecule has 0 spiro atoms. The summed E-state index contributed by atoms with van der Waals surface area (Å²) in [5.74, 6) is 0.356. The van der Waals surface area contributed by atoms with E-state index in [9.17, 15) is 14.4 Å². The van der Waals surface area contributed by atoms with Crippen LogP contribution < -0.4 is 4.74 Å². The Hall–Kier alpha value is -3.15. The summed E-state index contributed by atoms with van der Waals surface area (Å²) in [6.45, 7) is 3.88. The lowest BCUT2D eigenvalue weighted by Gasteiger charge is -2.35. The number of Topliss-reactive ketones (excluding diaryl/α,β-unsaturated/α-hetero) is 1. The van der Waals surface area contributed by atoms with E-state index in [1.54, 1.807) is 34.1 Å². The molecule has 1 aliphatic rings. The van der Waals surface area contributed by atoms with Crippen LogP contribution in [0, 0.1) is 6.92 Å². The standard InChI is InChI=1S/C23H26N2O4/c1-17-8-10-21(29-2)19(16-17)20(26)9-11-22(27)24-12-14-25(15-13-24)23(28)18-6-4-3-5-7-18/h3-8,10,16H,9,11-15H2,1-2H3. The molecule has 152 valence electrons. The van der Waals surface area contributed by atoms with Gasteiger partial charge in [0.25, 0.3) is 5.91 Å². The number of hydrogen-bond acceptors (Lipinski definition) is 4. The first-order valence-corrected chi connectivity index (χ1v) is 9.79. The van der Waals surface area contributed by atoms with Crippen molar-refractivity contribution >= 4 is 17.6 Å². The number of methoxy groups -OCH3 is 1. The van der Waals surface area contributed by atoms with E-state index in [0.29, 0.717) is 43.1 Å². The van der Waals surface area contributed by atoms with E-state index in [0.717, 1.165) is 5.56 Å². The number of amides is 2. The minimum atomic E-state index is -0.100. The number of aryl methyl sites for hydroxylation is 1. The summed E-state index contributed by atoms with van der Waals surface area (Å²) >= 11 is 0. The monoisotopic (exact) mass is 394 g/mol. The topological polar surface area (TPSA) is 66.9 Å². The molecule has 1 heterocycles. The lowest BCUT2D eigenvalue weighted by atomic mass is 10.0. The fraction of sp³-hybridized carbons (Fsp3) is 0.348. The summed E-state index contributed by atoms with van der Waals surface area (Å²) in [4.78, 5) is 41.1. The number of hydrogen-bond donors (Lipinski definition) is 0. The second kappa shape index (κ2) is 9.37. The first kappa shape index (κ1) is 20.6. The van der Waals surface area contributed by atoms with Crippen LogP contribution in [0.5, 0.6) is 5.75 Å². The van der Waals surface area contributed by atoms with Crippen LogP contribution in [0.4, 0.5) is 0 Å². The highest BCUT2D eigenvalue weighted by Crippen LogP contribution is 2.22. The maximum atomic E-state index is 12.6. The summed E-state index contributed by atoms with van der Waals surface area (Å²) < 4.78 is 5.26. The zero-order valence-electron chi connectivity index (χ0n) is 16.9. The second-order valence-corrected chi connectivity index (χ2v) is 7.17. The van der Waals surface area contributed by atoms with Crippen LogP contribution in [0.3, 0.4) is 0 Å². The average molecular weight is 394 g/mol. The van der Waals surface area contributed by atoms with E-state index in [2.05, 4.69) is 0 Å². The van der Waals surface area contributed by atoms with Crippen molar-refractivity contribution in [2.75, 3.05) is 33.3 Å². The highest BCUT2D eigenvalue weighted by atomic mass is 16.5. The summed E-state index contributed by atoms with van der Waals surface area (Å²) in [7, 11) is 1.53. The third kappa shape index (κ3) is 5.02. The summed E-state index contributed by atoms with van der Waals surface area (Å²) in [5.41, 5.74) is 2.14. The predicted molar refractivity (Wildman–Crippen MR) is 110 cm³/mol. The van der Waals surface area contributed by atoms with Crippen LogP contribution in [-0.4, -0.2) is 60.7 Å². The molecule has 2 amide bonds. The van der Waals surface area contributed by atoms with Crippen LogP contribution in [0.25, 0.3) is 0 Å². The molecule has 0 radical (unpaired) electrons. The van der Waals surface area contributed by atoms with Gasteiger partial charge in [-0.2, -0.15) is 0 Å². The summed E-state index contributed by atoms with van der Waals surface area (Å²) in [6, 6.07) is 14.6. The Morgan fingerprint density at radius 3 is 2.21 bits per heavy atom. The van der Waals surface area contributed by atoms with Crippen molar-refractivity contribution in [3.05, 3.63) is 65.2 Å². The molecule has 0 unspecified atom stereocenters. The van der Waals surface area contributed by atoms with Crippen LogP contribution in [0.2, 0.25) is 0 Å². The van der Waals surface area contributed by atoms with Crippen molar-refractivity contribution < 1.29 is 19.1 Å². The van der Waals surface area contributed by atoms with Gasteiger partial charge in [-0.1, -0.05) is 29.8 Å². The van der Waals surface area contributed by atoms with E-state index in [1.165, 1.54) is 7.11 Å². The van der Waals surface area contributed by atoms with E-state index in [4.69, 9.17) is 4.74 Å². The number of carbonyl (C=O) groups is 3. The molecule has 1 aliphatic heterocycles. The van der Waals surface area contributed by atoms with Crippen molar-refractivity contribution in [1.29, 1.82) is 0 Å². The number of piperazine rings is 1. The minimum absolute atomic E-state index is 0.0144. The fourth-order valence-corrected chi connectivity index (χ4v) is 3.48. The summed E-state index contributed by atoms with van der Waals surface area (Å²) in [5, 5.41) is 0. The van der Waals surface area contributed by atoms with Gasteiger partial charge < -0.3 is 14.5 Å². The second-order valence-electron chi connectivity index (χ2n) is 7.17. The van der Waals surface area contributed by atoms with E-state index < -0.39 is 0 Å². The predicted octanol–water partition coefficient (Wildman–Crippen LogP) is 2.95. The number of carbonyl (C=O) groups excluding carboxylic acids is 3. The zero-order valence-corrected chi connectivity index (χ0v) is 16.9. The molecule has 0 atom stereocenters. The van der Waals surface area contributed by atoms with Crippen LogP contribution in [0.1, 0.15) is 39.1 Å². The van der Waals surface area contributed by atoms with Gasteiger partial charge in [0.1, 0.15) is 5.75 Å². The van der Waals surface area contributed by atoms with Gasteiger partial charge >= 0.3 is 0 Å². The van der Waals surface area contributed by atoms with Gasteiger partial charge in [0.05, 0.1) is 12.7 Å². The Labute approximate surface area is 171 Å². The molecule has 2 aromatic rings. The van der Waals surface area contributed by atoms with Gasteiger partial charge in [0.15, 0.2) is 5.78 Å². The van der Waals surface area contributed by atoms with Crippen LogP contribution in [0.15, 0.2) is 48.5 Å². The van der Waals surface area contributed by atoms with Gasteiger partial charge in [-0.25, -0.2) is 0 Å². The third-order valence-electron chi connectivity index (χ3n) is 5.16. The van der Waals surface area contributed by atoms with Crippen molar-refractivity contribution in [2.24, 2.45) is 0 Å². The molecule has 6 nitrogen and oxygen atoms in total. The molecule has 0 aromatic heterocycles. The number of benzene rings is 2. The molecular weight excluding hydrogens is 368 g/mol.